The van der Waals surface area contributed by atoms with E-state index < -0.39 is 6.09 Å². The van der Waals surface area contributed by atoms with Crippen LogP contribution in [-0.2, 0) is 11.2 Å². The third-order valence-corrected chi connectivity index (χ3v) is 4.81. The topological polar surface area (TPSA) is 100 Å². The molecule has 0 unspecified atom stereocenters. The highest BCUT2D eigenvalue weighted by atomic mass is 35.5. The van der Waals surface area contributed by atoms with Gasteiger partial charge in [0.15, 0.2) is 11.5 Å². The second-order valence-corrected chi connectivity index (χ2v) is 6.70. The van der Waals surface area contributed by atoms with Crippen LogP contribution >= 0.6 is 11.6 Å². The molecule has 1 aliphatic rings. The van der Waals surface area contributed by atoms with E-state index in [4.69, 9.17) is 26.2 Å². The molecular formula is C20H20ClN3O5. The van der Waals surface area contributed by atoms with Crippen LogP contribution < -0.4 is 14.8 Å². The van der Waals surface area contributed by atoms with Gasteiger partial charge in [0.2, 0.25) is 5.91 Å². The number of anilines is 1. The first-order valence-electron chi connectivity index (χ1n) is 8.80. The average molecular weight is 418 g/mol. The Kier molecular flexibility index (Phi) is 6.23. The minimum atomic E-state index is -1.12. The number of methoxy groups -OCH3 is 2. The number of nitrogens with one attached hydrogen (secondary N) is 1. The summed E-state index contributed by atoms with van der Waals surface area (Å²) in [6.07, 6.45) is -0.435. The van der Waals surface area contributed by atoms with Crippen molar-refractivity contribution in [3.63, 3.8) is 0 Å². The van der Waals surface area contributed by atoms with E-state index in [0.717, 1.165) is 11.3 Å². The lowest BCUT2D eigenvalue weighted by Gasteiger charge is -2.14. The molecule has 2 aromatic rings. The molecule has 0 bridgehead atoms. The summed E-state index contributed by atoms with van der Waals surface area (Å²) < 4.78 is 10.5. The maximum absolute atomic E-state index is 12.7. The van der Waals surface area contributed by atoms with Crippen LogP contribution in [0.1, 0.15) is 17.5 Å². The Balaban J connectivity index is 1.71. The number of benzene rings is 2. The van der Waals surface area contributed by atoms with Crippen LogP contribution in [0.3, 0.4) is 0 Å². The zero-order valence-corrected chi connectivity index (χ0v) is 16.7. The smallest absolute Gasteiger partial charge is 0.409 e. The SMILES string of the molecule is COc1cc(Cl)c(CC(=O)N2CCC(c3ccc(NC(=O)O)cc3)=N2)cc1OC. The van der Waals surface area contributed by atoms with Crippen molar-refractivity contribution >= 4 is 35.0 Å². The highest BCUT2D eigenvalue weighted by molar-refractivity contribution is 6.31. The van der Waals surface area contributed by atoms with Gasteiger partial charge in [0.1, 0.15) is 0 Å². The summed E-state index contributed by atoms with van der Waals surface area (Å²) in [6, 6.07) is 10.1. The van der Waals surface area contributed by atoms with Crippen molar-refractivity contribution in [3.05, 3.63) is 52.5 Å². The molecule has 0 spiro atoms. The number of hydrogen-bond acceptors (Lipinski definition) is 5. The van der Waals surface area contributed by atoms with Crippen molar-refractivity contribution in [2.24, 2.45) is 5.10 Å². The first kappa shape index (κ1) is 20.5. The quantitative estimate of drug-likeness (QED) is 0.747. The average Bonchev–Trinajstić information content (AvgIpc) is 3.19. The minimum absolute atomic E-state index is 0.0808. The molecule has 0 aromatic heterocycles. The summed E-state index contributed by atoms with van der Waals surface area (Å²) in [6.45, 7) is 0.466. The van der Waals surface area contributed by atoms with Crippen LogP contribution in [0, 0.1) is 0 Å². The Morgan fingerprint density at radius 2 is 1.83 bits per heavy atom. The molecular weight excluding hydrogens is 398 g/mol. The van der Waals surface area contributed by atoms with Crippen molar-refractivity contribution in [3.8, 4) is 11.5 Å². The number of hydrazone groups is 1. The summed E-state index contributed by atoms with van der Waals surface area (Å²) in [5, 5.41) is 17.3. The first-order valence-corrected chi connectivity index (χ1v) is 9.17. The molecule has 1 heterocycles. The van der Waals surface area contributed by atoms with Crippen LogP contribution in [0.25, 0.3) is 0 Å². The highest BCUT2D eigenvalue weighted by Crippen LogP contribution is 2.33. The van der Waals surface area contributed by atoms with Gasteiger partial charge in [-0.3, -0.25) is 10.1 Å². The van der Waals surface area contributed by atoms with Gasteiger partial charge >= 0.3 is 6.09 Å². The van der Waals surface area contributed by atoms with E-state index in [1.54, 1.807) is 36.4 Å². The maximum Gasteiger partial charge on any atom is 0.409 e. The second-order valence-electron chi connectivity index (χ2n) is 6.30. The lowest BCUT2D eigenvalue weighted by atomic mass is 10.1. The van der Waals surface area contributed by atoms with Gasteiger partial charge in [-0.15, -0.1) is 0 Å². The van der Waals surface area contributed by atoms with E-state index in [2.05, 4.69) is 10.4 Å². The van der Waals surface area contributed by atoms with Gasteiger partial charge in [-0.2, -0.15) is 5.10 Å². The molecule has 0 saturated carbocycles. The van der Waals surface area contributed by atoms with Gasteiger partial charge in [0.05, 0.1) is 32.9 Å². The molecule has 8 nitrogen and oxygen atoms in total. The van der Waals surface area contributed by atoms with Gasteiger partial charge in [-0.1, -0.05) is 23.7 Å². The lowest BCUT2D eigenvalue weighted by molar-refractivity contribution is -0.130. The number of carboxylic acid groups (broad SMARTS) is 1. The van der Waals surface area contributed by atoms with Gasteiger partial charge in [0, 0.05) is 23.2 Å². The van der Waals surface area contributed by atoms with Gasteiger partial charge in [-0.25, -0.2) is 9.80 Å². The molecule has 2 aromatic carbocycles. The Morgan fingerprint density at radius 3 is 2.45 bits per heavy atom. The van der Waals surface area contributed by atoms with Crippen LogP contribution in [0.15, 0.2) is 41.5 Å². The Bertz CT molecular complexity index is 959. The molecule has 152 valence electrons. The number of ether oxygens (including phenoxy) is 2. The molecule has 2 N–H and O–H groups in total. The highest BCUT2D eigenvalue weighted by Gasteiger charge is 2.23. The van der Waals surface area contributed by atoms with Crippen LogP contribution in [0.5, 0.6) is 11.5 Å². The zero-order valence-electron chi connectivity index (χ0n) is 15.9. The summed E-state index contributed by atoms with van der Waals surface area (Å²) in [5.41, 5.74) is 2.69. The molecule has 0 radical (unpaired) electrons. The normalized spacial score (nSPS) is 13.1. The Hall–Kier alpha value is -3.26. The van der Waals surface area contributed by atoms with E-state index in [1.165, 1.54) is 19.2 Å². The molecule has 3 rings (SSSR count). The lowest BCUT2D eigenvalue weighted by Crippen LogP contribution is -2.25. The third-order valence-electron chi connectivity index (χ3n) is 4.45. The number of carbonyl (C=O) groups is 2. The van der Waals surface area contributed by atoms with Crippen LogP contribution in [0.2, 0.25) is 5.02 Å². The predicted octanol–water partition coefficient (Wildman–Crippen LogP) is 3.63. The Morgan fingerprint density at radius 1 is 1.17 bits per heavy atom. The van der Waals surface area contributed by atoms with Gasteiger partial charge in [0.25, 0.3) is 0 Å². The van der Waals surface area contributed by atoms with Crippen LogP contribution in [0.4, 0.5) is 10.5 Å². The van der Waals surface area contributed by atoms with Gasteiger partial charge < -0.3 is 14.6 Å². The maximum atomic E-state index is 12.7. The molecule has 0 aliphatic carbocycles. The largest absolute Gasteiger partial charge is 0.493 e. The first-order chi connectivity index (χ1) is 13.9. The third kappa shape index (κ3) is 4.78. The number of hydrogen-bond donors (Lipinski definition) is 2. The van der Waals surface area contributed by atoms with Crippen LogP contribution in [-0.4, -0.2) is 48.6 Å². The molecule has 0 saturated heterocycles. The molecule has 29 heavy (non-hydrogen) atoms. The van der Waals surface area contributed by atoms with E-state index in [1.807, 2.05) is 0 Å². The zero-order chi connectivity index (χ0) is 21.0. The molecule has 0 fully saturated rings. The molecule has 2 amide bonds. The number of nitrogens with zero attached hydrogens (tertiary/aromatic N) is 2. The minimum Gasteiger partial charge on any atom is -0.493 e. The number of carbonyl (C=O) groups excluding carboxylic acids is 1. The summed E-state index contributed by atoms with van der Waals surface area (Å²) in [5.74, 6) is 0.815. The van der Waals surface area contributed by atoms with Crippen molar-refractivity contribution in [1.82, 2.24) is 5.01 Å². The predicted molar refractivity (Wildman–Crippen MR) is 109 cm³/mol. The van der Waals surface area contributed by atoms with Crippen molar-refractivity contribution in [2.45, 2.75) is 12.8 Å². The fourth-order valence-electron chi connectivity index (χ4n) is 3.00. The van der Waals surface area contributed by atoms with Gasteiger partial charge in [-0.05, 0) is 29.3 Å². The van der Waals surface area contributed by atoms with E-state index in [0.29, 0.717) is 40.7 Å². The van der Waals surface area contributed by atoms with E-state index >= 15 is 0 Å². The number of halogens is 1. The standard InChI is InChI=1S/C20H20ClN3O5/c1-28-17-9-13(15(21)11-18(17)29-2)10-19(25)24-8-7-16(23-24)12-3-5-14(6-4-12)22-20(26)27/h3-6,9,11,22H,7-8,10H2,1-2H3,(H,26,27). The van der Waals surface area contributed by atoms with Crippen molar-refractivity contribution in [2.75, 3.05) is 26.1 Å². The van der Waals surface area contributed by atoms with Crippen molar-refractivity contribution < 1.29 is 24.2 Å². The molecule has 1 aliphatic heterocycles. The number of rotatable bonds is 6. The molecule has 0 atom stereocenters. The monoisotopic (exact) mass is 417 g/mol. The summed E-state index contributed by atoms with van der Waals surface area (Å²) >= 11 is 6.27. The summed E-state index contributed by atoms with van der Waals surface area (Å²) in [7, 11) is 3.04. The fourth-order valence-corrected chi connectivity index (χ4v) is 3.22. The number of amides is 2. The second kappa shape index (κ2) is 8.83. The molecule has 9 heteroatoms. The van der Waals surface area contributed by atoms with Crippen molar-refractivity contribution in [1.29, 1.82) is 0 Å². The fraction of sp³-hybridized carbons (Fsp3) is 0.250. The Labute approximate surface area is 172 Å². The van der Waals surface area contributed by atoms with E-state index in [-0.39, 0.29) is 12.3 Å². The van der Waals surface area contributed by atoms with E-state index in [9.17, 15) is 9.59 Å². The summed E-state index contributed by atoms with van der Waals surface area (Å²) in [4.78, 5) is 23.4.